The molecule has 0 aliphatic heterocycles. The van der Waals surface area contributed by atoms with Crippen LogP contribution in [0.2, 0.25) is 0 Å². The molecule has 0 saturated heterocycles. The van der Waals surface area contributed by atoms with Crippen molar-refractivity contribution in [2.24, 2.45) is 5.73 Å². The molecule has 0 aliphatic rings. The highest BCUT2D eigenvalue weighted by molar-refractivity contribution is 5.75. The van der Waals surface area contributed by atoms with Gasteiger partial charge in [-0.25, -0.2) is 0 Å². The van der Waals surface area contributed by atoms with Gasteiger partial charge in [-0.3, -0.25) is 4.79 Å². The van der Waals surface area contributed by atoms with Crippen LogP contribution in [0.5, 0.6) is 0 Å². The van der Waals surface area contributed by atoms with Crippen molar-refractivity contribution < 1.29 is 9.90 Å². The molecular formula is C5H11NO2. The van der Waals surface area contributed by atoms with E-state index in [2.05, 4.69) is 6.58 Å². The van der Waals surface area contributed by atoms with Crippen molar-refractivity contribution in [3.05, 3.63) is 12.7 Å². The van der Waals surface area contributed by atoms with Crippen molar-refractivity contribution in [2.45, 2.75) is 13.5 Å². The SMILES string of the molecule is C.C=CC(N)C(=O)O. The standard InChI is InChI=1S/C4H7NO2.CH4/c1-2-3(5)4(6)7;/h2-3H,1,5H2,(H,6,7);1H4. The van der Waals surface area contributed by atoms with Gasteiger partial charge in [-0.15, -0.1) is 6.58 Å². The van der Waals surface area contributed by atoms with Crippen LogP contribution in [0.4, 0.5) is 0 Å². The van der Waals surface area contributed by atoms with Gasteiger partial charge in [0.25, 0.3) is 0 Å². The molecule has 0 rings (SSSR count). The molecule has 0 heterocycles. The number of hydrogen-bond donors (Lipinski definition) is 2. The highest BCUT2D eigenvalue weighted by atomic mass is 16.4. The fourth-order valence-electron chi connectivity index (χ4n) is 0.101. The maximum Gasteiger partial charge on any atom is 0.324 e. The Morgan fingerprint density at radius 3 is 2.25 bits per heavy atom. The third-order valence-electron chi connectivity index (χ3n) is 0.539. The van der Waals surface area contributed by atoms with Crippen molar-refractivity contribution >= 4 is 5.97 Å². The van der Waals surface area contributed by atoms with E-state index in [9.17, 15) is 4.79 Å². The summed E-state index contributed by atoms with van der Waals surface area (Å²) in [6.45, 7) is 3.18. The van der Waals surface area contributed by atoms with Gasteiger partial charge in [-0.2, -0.15) is 0 Å². The van der Waals surface area contributed by atoms with Crippen LogP contribution in [0.25, 0.3) is 0 Å². The molecule has 3 nitrogen and oxygen atoms in total. The lowest BCUT2D eigenvalue weighted by atomic mass is 10.3. The zero-order chi connectivity index (χ0) is 5.86. The van der Waals surface area contributed by atoms with E-state index >= 15 is 0 Å². The summed E-state index contributed by atoms with van der Waals surface area (Å²) in [4.78, 5) is 9.73. The van der Waals surface area contributed by atoms with Gasteiger partial charge in [-0.05, 0) is 0 Å². The van der Waals surface area contributed by atoms with Crippen molar-refractivity contribution in [1.29, 1.82) is 0 Å². The summed E-state index contributed by atoms with van der Waals surface area (Å²) >= 11 is 0. The first-order valence-corrected chi connectivity index (χ1v) is 1.79. The van der Waals surface area contributed by atoms with Gasteiger partial charge in [0.2, 0.25) is 0 Å². The molecule has 0 aromatic heterocycles. The third-order valence-corrected chi connectivity index (χ3v) is 0.539. The summed E-state index contributed by atoms with van der Waals surface area (Å²) in [6, 6.07) is -0.917. The molecule has 3 heteroatoms. The molecule has 0 saturated carbocycles. The molecule has 0 spiro atoms. The van der Waals surface area contributed by atoms with Gasteiger partial charge in [-0.1, -0.05) is 13.5 Å². The van der Waals surface area contributed by atoms with Crippen molar-refractivity contribution in [1.82, 2.24) is 0 Å². The minimum absolute atomic E-state index is 0. The number of carboxylic acids is 1. The number of nitrogens with two attached hydrogens (primary N) is 1. The van der Waals surface area contributed by atoms with Crippen LogP contribution in [0.15, 0.2) is 12.7 Å². The molecule has 8 heavy (non-hydrogen) atoms. The van der Waals surface area contributed by atoms with Crippen LogP contribution < -0.4 is 5.73 Å². The molecule has 0 aromatic rings. The van der Waals surface area contributed by atoms with Gasteiger partial charge in [0, 0.05) is 0 Å². The number of hydrogen-bond acceptors (Lipinski definition) is 2. The largest absolute Gasteiger partial charge is 0.480 e. The van der Waals surface area contributed by atoms with E-state index in [1.807, 2.05) is 0 Å². The molecule has 0 amide bonds. The van der Waals surface area contributed by atoms with E-state index in [-0.39, 0.29) is 7.43 Å². The van der Waals surface area contributed by atoms with Crippen LogP contribution in [0, 0.1) is 0 Å². The predicted molar refractivity (Wildman–Crippen MR) is 32.5 cm³/mol. The second kappa shape index (κ2) is 4.33. The summed E-state index contributed by atoms with van der Waals surface area (Å²) in [7, 11) is 0. The topological polar surface area (TPSA) is 63.3 Å². The normalized spacial score (nSPS) is 11.1. The maximum absolute atomic E-state index is 9.73. The maximum atomic E-state index is 9.73. The van der Waals surface area contributed by atoms with Gasteiger partial charge < -0.3 is 10.8 Å². The van der Waals surface area contributed by atoms with E-state index in [4.69, 9.17) is 10.8 Å². The summed E-state index contributed by atoms with van der Waals surface area (Å²) in [5.74, 6) is -1.05. The smallest absolute Gasteiger partial charge is 0.324 e. The Labute approximate surface area is 48.8 Å². The Balaban J connectivity index is 0. The van der Waals surface area contributed by atoms with Gasteiger partial charge >= 0.3 is 5.97 Å². The number of carboxylic acid groups (broad SMARTS) is 1. The molecule has 1 atom stereocenters. The molecule has 0 aliphatic carbocycles. The molecule has 0 fully saturated rings. The highest BCUT2D eigenvalue weighted by Gasteiger charge is 2.02. The molecule has 48 valence electrons. The average molecular weight is 117 g/mol. The van der Waals surface area contributed by atoms with E-state index in [1.54, 1.807) is 0 Å². The van der Waals surface area contributed by atoms with Crippen molar-refractivity contribution in [2.75, 3.05) is 0 Å². The van der Waals surface area contributed by atoms with Crippen LogP contribution in [0.3, 0.4) is 0 Å². The first-order chi connectivity index (χ1) is 3.18. The lowest BCUT2D eigenvalue weighted by Gasteiger charge is -1.92. The van der Waals surface area contributed by atoms with Crippen LogP contribution in [-0.4, -0.2) is 17.1 Å². The zero-order valence-electron chi connectivity index (χ0n) is 3.79. The predicted octanol–water partition coefficient (Wildman–Crippen LogP) is 0.220. The molecular weight excluding hydrogens is 106 g/mol. The molecule has 3 N–H and O–H groups in total. The average Bonchev–Trinajstić information content (AvgIpc) is 1.65. The highest BCUT2D eigenvalue weighted by Crippen LogP contribution is 1.74. The van der Waals surface area contributed by atoms with E-state index in [0.717, 1.165) is 0 Å². The fourth-order valence-corrected chi connectivity index (χ4v) is 0.101. The molecule has 0 radical (unpaired) electrons. The summed E-state index contributed by atoms with van der Waals surface area (Å²) in [5, 5.41) is 7.99. The Hall–Kier alpha value is -0.830. The Bertz CT molecular complexity index is 90.4. The minimum Gasteiger partial charge on any atom is -0.480 e. The Morgan fingerprint density at radius 2 is 2.25 bits per heavy atom. The molecule has 0 bridgehead atoms. The Morgan fingerprint density at radius 1 is 1.88 bits per heavy atom. The van der Waals surface area contributed by atoms with E-state index < -0.39 is 12.0 Å². The minimum atomic E-state index is -1.05. The van der Waals surface area contributed by atoms with Gasteiger partial charge in [0.1, 0.15) is 6.04 Å². The molecule has 0 aromatic carbocycles. The third kappa shape index (κ3) is 3.36. The summed E-state index contributed by atoms with van der Waals surface area (Å²) in [5.41, 5.74) is 4.90. The summed E-state index contributed by atoms with van der Waals surface area (Å²) < 4.78 is 0. The second-order valence-electron chi connectivity index (χ2n) is 1.10. The van der Waals surface area contributed by atoms with Crippen molar-refractivity contribution in [3.63, 3.8) is 0 Å². The summed E-state index contributed by atoms with van der Waals surface area (Å²) in [6.07, 6.45) is 1.17. The van der Waals surface area contributed by atoms with Crippen LogP contribution in [-0.2, 0) is 4.79 Å². The number of carbonyl (C=O) groups is 1. The van der Waals surface area contributed by atoms with Gasteiger partial charge in [0.15, 0.2) is 0 Å². The fraction of sp³-hybridized carbons (Fsp3) is 0.400. The lowest BCUT2D eigenvalue weighted by Crippen LogP contribution is -2.26. The second-order valence-corrected chi connectivity index (χ2v) is 1.10. The quantitative estimate of drug-likeness (QED) is 0.508. The first kappa shape index (κ1) is 10.2. The number of aliphatic carboxylic acids is 1. The van der Waals surface area contributed by atoms with E-state index in [0.29, 0.717) is 0 Å². The van der Waals surface area contributed by atoms with Crippen molar-refractivity contribution in [3.8, 4) is 0 Å². The monoisotopic (exact) mass is 117 g/mol. The first-order valence-electron chi connectivity index (χ1n) is 1.79. The number of rotatable bonds is 2. The van der Waals surface area contributed by atoms with E-state index in [1.165, 1.54) is 6.08 Å². The van der Waals surface area contributed by atoms with Crippen LogP contribution in [0.1, 0.15) is 7.43 Å². The molecule has 1 unspecified atom stereocenters. The van der Waals surface area contributed by atoms with Gasteiger partial charge in [0.05, 0.1) is 0 Å². The van der Waals surface area contributed by atoms with Crippen LogP contribution >= 0.6 is 0 Å². The Kier molecular flexibility index (Phi) is 5.53. The lowest BCUT2D eigenvalue weighted by molar-refractivity contribution is -0.137. The zero-order valence-corrected chi connectivity index (χ0v) is 3.79.